The molecule has 0 unspecified atom stereocenters. The highest BCUT2D eigenvalue weighted by Gasteiger charge is 2.27. The number of sulfonamides is 1. The van der Waals surface area contributed by atoms with Crippen molar-refractivity contribution in [3.63, 3.8) is 0 Å². The maximum absolute atomic E-state index is 11.8. The summed E-state index contributed by atoms with van der Waals surface area (Å²) in [7, 11) is 0.409. The average Bonchev–Trinajstić information content (AvgIpc) is 3.35. The van der Waals surface area contributed by atoms with Gasteiger partial charge in [-0.05, 0) is 67.1 Å². The maximum Gasteiger partial charge on any atom is 0.335 e. The summed E-state index contributed by atoms with van der Waals surface area (Å²) in [6, 6.07) is 8.09. The third kappa shape index (κ3) is 6.39. The third-order valence-corrected chi connectivity index (χ3v) is 7.24. The number of carbonyl (C=O) groups is 1. The van der Waals surface area contributed by atoms with E-state index in [1.807, 2.05) is 40.9 Å². The van der Waals surface area contributed by atoms with E-state index in [0.29, 0.717) is 11.3 Å². The molecule has 0 bridgehead atoms. The van der Waals surface area contributed by atoms with E-state index in [9.17, 15) is 18.3 Å². The molecular weight excluding hydrogens is 530 g/mol. The number of hydrogen-bond acceptors (Lipinski definition) is 8. The molecule has 212 valence electrons. The smallest absolute Gasteiger partial charge is 0.335 e. The predicted molar refractivity (Wildman–Crippen MR) is 158 cm³/mol. The Kier molecular flexibility index (Phi) is 7.84. The zero-order valence-electron chi connectivity index (χ0n) is 23.6. The highest BCUT2D eigenvalue weighted by Crippen LogP contribution is 2.37. The second-order valence-corrected chi connectivity index (χ2v) is 13.0. The molecule has 4 N–H and O–H groups in total. The van der Waals surface area contributed by atoms with Gasteiger partial charge < -0.3 is 15.4 Å². The van der Waals surface area contributed by atoms with Crippen LogP contribution in [0.25, 0.3) is 11.4 Å². The summed E-state index contributed by atoms with van der Waals surface area (Å²) in [5, 5.41) is 25.7. The van der Waals surface area contributed by atoms with Gasteiger partial charge in [-0.25, -0.2) is 23.2 Å². The van der Waals surface area contributed by atoms with Gasteiger partial charge in [-0.2, -0.15) is 5.10 Å². The fourth-order valence-corrected chi connectivity index (χ4v) is 5.25. The Morgan fingerprint density at radius 3 is 2.40 bits per heavy atom. The number of anilines is 2. The first-order valence-corrected chi connectivity index (χ1v) is 14.8. The van der Waals surface area contributed by atoms with E-state index in [1.165, 1.54) is 35.0 Å². The summed E-state index contributed by atoms with van der Waals surface area (Å²) < 4.78 is 25.9. The molecule has 2 aromatic carbocycles. The number of H-pyrrole nitrogens is 1. The molecule has 1 aromatic heterocycles. The number of nitrogens with zero attached hydrogens (tertiary/aromatic N) is 4. The molecule has 0 aliphatic heterocycles. The van der Waals surface area contributed by atoms with E-state index < -0.39 is 21.4 Å². The minimum atomic E-state index is -3.65. The van der Waals surface area contributed by atoms with E-state index in [0.717, 1.165) is 37.6 Å². The summed E-state index contributed by atoms with van der Waals surface area (Å²) >= 11 is 0. The Morgan fingerprint density at radius 2 is 1.80 bits per heavy atom. The van der Waals surface area contributed by atoms with Gasteiger partial charge in [0, 0.05) is 30.8 Å². The van der Waals surface area contributed by atoms with Crippen molar-refractivity contribution in [2.75, 3.05) is 30.0 Å². The van der Waals surface area contributed by atoms with Gasteiger partial charge in [-0.3, -0.25) is 9.82 Å². The van der Waals surface area contributed by atoms with Crippen LogP contribution in [0.2, 0.25) is 0 Å². The van der Waals surface area contributed by atoms with E-state index in [-0.39, 0.29) is 28.6 Å². The number of hydrogen-bond donors (Lipinski definition) is 4. The molecule has 0 saturated carbocycles. The fourth-order valence-electron chi connectivity index (χ4n) is 4.71. The highest BCUT2D eigenvalue weighted by molar-refractivity contribution is 7.92. The van der Waals surface area contributed by atoms with E-state index in [4.69, 9.17) is 10.4 Å². The molecule has 1 aliphatic carbocycles. The van der Waals surface area contributed by atoms with Gasteiger partial charge in [0.15, 0.2) is 11.6 Å². The molecule has 0 spiro atoms. The van der Waals surface area contributed by atoms with Gasteiger partial charge in [-0.1, -0.05) is 20.8 Å². The standard InChI is InChI=1S/C28H35N7O4S/c1-28(2,3)24(29)23(30-21-11-12-22(35(4)5)20-10-8-7-9-19(20)21)26-31-25(32-33-26)16-13-17(27(36)37)15-18(14-16)34-40(6,38)39/h11-15,29,34H,7-10H2,1-6H3,(H,36,37)(H,31,32,33). The van der Waals surface area contributed by atoms with Crippen LogP contribution >= 0.6 is 0 Å². The molecule has 0 saturated heterocycles. The lowest BCUT2D eigenvalue weighted by Gasteiger charge is -2.26. The molecule has 40 heavy (non-hydrogen) atoms. The first-order valence-electron chi connectivity index (χ1n) is 12.9. The summed E-state index contributed by atoms with van der Waals surface area (Å²) in [5.41, 5.74) is 4.68. The number of benzene rings is 2. The van der Waals surface area contributed by atoms with Crippen molar-refractivity contribution in [3.05, 3.63) is 52.8 Å². The van der Waals surface area contributed by atoms with Gasteiger partial charge >= 0.3 is 5.97 Å². The molecule has 3 aromatic rings. The quantitative estimate of drug-likeness (QED) is 0.288. The number of aromatic nitrogens is 3. The van der Waals surface area contributed by atoms with Crippen molar-refractivity contribution >= 4 is 44.5 Å². The van der Waals surface area contributed by atoms with E-state index in [1.54, 1.807) is 0 Å². The summed E-state index contributed by atoms with van der Waals surface area (Å²) in [6.45, 7) is 5.77. The van der Waals surface area contributed by atoms with Crippen LogP contribution in [0.4, 0.5) is 17.1 Å². The normalized spacial score (nSPS) is 14.0. The van der Waals surface area contributed by atoms with Crippen LogP contribution in [-0.4, -0.2) is 66.4 Å². The molecule has 0 amide bonds. The second-order valence-electron chi connectivity index (χ2n) is 11.2. The summed E-state index contributed by atoms with van der Waals surface area (Å²) in [4.78, 5) is 23.4. The Morgan fingerprint density at radius 1 is 1.12 bits per heavy atom. The number of fused-ring (bicyclic) bond motifs is 1. The van der Waals surface area contributed by atoms with Gasteiger partial charge in [-0.15, -0.1) is 0 Å². The van der Waals surface area contributed by atoms with Crippen LogP contribution in [0.1, 0.15) is 60.9 Å². The van der Waals surface area contributed by atoms with Crippen molar-refractivity contribution < 1.29 is 18.3 Å². The number of carboxylic acid groups (broad SMARTS) is 1. The van der Waals surface area contributed by atoms with Crippen molar-refractivity contribution in [1.29, 1.82) is 5.41 Å². The predicted octanol–water partition coefficient (Wildman–Crippen LogP) is 4.67. The van der Waals surface area contributed by atoms with Gasteiger partial charge in [0.1, 0.15) is 5.71 Å². The lowest BCUT2D eigenvalue weighted by atomic mass is 9.86. The Labute approximate surface area is 234 Å². The van der Waals surface area contributed by atoms with Crippen LogP contribution in [0, 0.1) is 10.8 Å². The molecule has 1 aliphatic rings. The zero-order chi connectivity index (χ0) is 29.4. The Hall–Kier alpha value is -4.06. The zero-order valence-corrected chi connectivity index (χ0v) is 24.4. The number of aromatic carboxylic acids is 1. The monoisotopic (exact) mass is 565 g/mol. The first kappa shape index (κ1) is 28.9. The molecular formula is C28H35N7O4S. The van der Waals surface area contributed by atoms with Gasteiger partial charge in [0.25, 0.3) is 0 Å². The molecule has 0 fully saturated rings. The molecule has 11 nitrogen and oxygen atoms in total. The summed E-state index contributed by atoms with van der Waals surface area (Å²) in [6.07, 6.45) is 5.02. The van der Waals surface area contributed by atoms with Crippen molar-refractivity contribution in [3.8, 4) is 11.4 Å². The largest absolute Gasteiger partial charge is 0.478 e. The van der Waals surface area contributed by atoms with E-state index in [2.05, 4.69) is 30.9 Å². The minimum Gasteiger partial charge on any atom is -0.478 e. The maximum atomic E-state index is 11.8. The number of nitrogens with one attached hydrogen (secondary N) is 3. The van der Waals surface area contributed by atoms with Crippen LogP contribution in [0.5, 0.6) is 0 Å². The average molecular weight is 566 g/mol. The molecule has 1 heterocycles. The Bertz CT molecular complexity index is 1620. The van der Waals surface area contributed by atoms with Crippen molar-refractivity contribution in [2.45, 2.75) is 46.5 Å². The van der Waals surface area contributed by atoms with E-state index >= 15 is 0 Å². The van der Waals surface area contributed by atoms with Crippen LogP contribution < -0.4 is 9.62 Å². The number of carboxylic acids is 1. The second kappa shape index (κ2) is 10.8. The Balaban J connectivity index is 1.85. The lowest BCUT2D eigenvalue weighted by Crippen LogP contribution is -2.29. The topological polar surface area (TPSA) is 164 Å². The fraction of sp³-hybridized carbons (Fsp3) is 0.393. The van der Waals surface area contributed by atoms with Crippen LogP contribution in [0.3, 0.4) is 0 Å². The van der Waals surface area contributed by atoms with Crippen LogP contribution in [-0.2, 0) is 22.9 Å². The molecule has 0 atom stereocenters. The highest BCUT2D eigenvalue weighted by atomic mass is 32.2. The lowest BCUT2D eigenvalue weighted by molar-refractivity contribution is 0.0697. The number of aromatic amines is 1. The number of aliphatic imine (C=N–C) groups is 1. The SMILES string of the molecule is CN(C)c1ccc(N=C(C(=N)C(C)(C)C)c2nc(-c3cc(NS(C)(=O)=O)cc(C(=O)O)c3)n[nH]2)c2c1CCCC2. The molecule has 4 rings (SSSR count). The van der Waals surface area contributed by atoms with Crippen LogP contribution in [0.15, 0.2) is 35.3 Å². The van der Waals surface area contributed by atoms with Gasteiger partial charge in [0.2, 0.25) is 10.0 Å². The molecule has 12 heteroatoms. The first-order chi connectivity index (χ1) is 18.6. The number of rotatable bonds is 8. The minimum absolute atomic E-state index is 0.0766. The molecule has 0 radical (unpaired) electrons. The summed E-state index contributed by atoms with van der Waals surface area (Å²) in [5.74, 6) is -0.819. The third-order valence-electron chi connectivity index (χ3n) is 6.64. The van der Waals surface area contributed by atoms with Crippen molar-refractivity contribution in [1.82, 2.24) is 15.2 Å². The van der Waals surface area contributed by atoms with Gasteiger partial charge in [0.05, 0.1) is 28.9 Å². The van der Waals surface area contributed by atoms with Crippen molar-refractivity contribution in [2.24, 2.45) is 10.4 Å².